The SMILES string of the molecule is O=C(Nc1cc2cc[nH]c(=O)c2cc1Cl)[C@H]1CCCCN1. The molecular weight excluding hydrogens is 290 g/mol. The van der Waals surface area contributed by atoms with Gasteiger partial charge in [0.1, 0.15) is 0 Å². The fourth-order valence-corrected chi connectivity index (χ4v) is 2.81. The van der Waals surface area contributed by atoms with E-state index in [9.17, 15) is 9.59 Å². The summed E-state index contributed by atoms with van der Waals surface area (Å²) in [6.07, 6.45) is 4.55. The molecule has 1 aliphatic rings. The summed E-state index contributed by atoms with van der Waals surface area (Å²) >= 11 is 6.17. The van der Waals surface area contributed by atoms with Crippen molar-refractivity contribution in [3.05, 3.63) is 39.8 Å². The van der Waals surface area contributed by atoms with Crippen LogP contribution in [0.15, 0.2) is 29.2 Å². The molecule has 1 aromatic heterocycles. The highest BCUT2D eigenvalue weighted by Crippen LogP contribution is 2.26. The number of pyridine rings is 1. The number of aromatic amines is 1. The van der Waals surface area contributed by atoms with Crippen LogP contribution in [-0.4, -0.2) is 23.5 Å². The van der Waals surface area contributed by atoms with Crippen LogP contribution in [-0.2, 0) is 4.79 Å². The van der Waals surface area contributed by atoms with E-state index in [2.05, 4.69) is 15.6 Å². The van der Waals surface area contributed by atoms with Crippen molar-refractivity contribution in [2.24, 2.45) is 0 Å². The van der Waals surface area contributed by atoms with E-state index < -0.39 is 0 Å². The number of benzene rings is 1. The molecule has 0 radical (unpaired) electrons. The molecule has 0 spiro atoms. The molecule has 0 aliphatic carbocycles. The van der Waals surface area contributed by atoms with Gasteiger partial charge >= 0.3 is 0 Å². The van der Waals surface area contributed by atoms with Gasteiger partial charge in [0.05, 0.1) is 16.8 Å². The van der Waals surface area contributed by atoms with Gasteiger partial charge in [-0.3, -0.25) is 9.59 Å². The number of H-pyrrole nitrogens is 1. The van der Waals surface area contributed by atoms with E-state index in [-0.39, 0.29) is 17.5 Å². The molecule has 110 valence electrons. The molecule has 3 N–H and O–H groups in total. The topological polar surface area (TPSA) is 74.0 Å². The number of halogens is 1. The molecule has 2 heterocycles. The predicted octanol–water partition coefficient (Wildman–Crippen LogP) is 2.26. The second-order valence-electron chi connectivity index (χ2n) is 5.22. The number of piperidine rings is 1. The smallest absolute Gasteiger partial charge is 0.255 e. The van der Waals surface area contributed by atoms with Crippen molar-refractivity contribution < 1.29 is 4.79 Å². The molecule has 1 aromatic carbocycles. The van der Waals surface area contributed by atoms with Crippen molar-refractivity contribution in [2.75, 3.05) is 11.9 Å². The van der Waals surface area contributed by atoms with E-state index >= 15 is 0 Å². The fourth-order valence-electron chi connectivity index (χ4n) is 2.60. The maximum absolute atomic E-state index is 12.2. The molecule has 1 fully saturated rings. The van der Waals surface area contributed by atoms with E-state index in [1.54, 1.807) is 24.4 Å². The summed E-state index contributed by atoms with van der Waals surface area (Å²) in [6, 6.07) is 4.92. The van der Waals surface area contributed by atoms with E-state index in [0.29, 0.717) is 16.1 Å². The number of aromatic nitrogens is 1. The number of nitrogens with one attached hydrogen (secondary N) is 3. The van der Waals surface area contributed by atoms with Crippen LogP contribution in [0.5, 0.6) is 0 Å². The molecule has 0 bridgehead atoms. The summed E-state index contributed by atoms with van der Waals surface area (Å²) in [4.78, 5) is 26.5. The lowest BCUT2D eigenvalue weighted by Gasteiger charge is -2.22. The molecule has 0 saturated carbocycles. The first kappa shape index (κ1) is 14.1. The number of carbonyl (C=O) groups excluding carboxylic acids is 1. The zero-order valence-corrected chi connectivity index (χ0v) is 12.2. The maximum atomic E-state index is 12.2. The molecule has 2 aromatic rings. The predicted molar refractivity (Wildman–Crippen MR) is 83.9 cm³/mol. The van der Waals surface area contributed by atoms with Gasteiger partial charge in [-0.1, -0.05) is 18.0 Å². The Hall–Kier alpha value is -1.85. The van der Waals surface area contributed by atoms with Gasteiger partial charge in [-0.05, 0) is 43.0 Å². The zero-order valence-electron chi connectivity index (χ0n) is 11.4. The lowest BCUT2D eigenvalue weighted by atomic mass is 10.0. The Morgan fingerprint density at radius 1 is 1.33 bits per heavy atom. The Kier molecular flexibility index (Phi) is 3.94. The van der Waals surface area contributed by atoms with Gasteiger partial charge in [0.25, 0.3) is 5.56 Å². The highest BCUT2D eigenvalue weighted by Gasteiger charge is 2.21. The van der Waals surface area contributed by atoms with Crippen molar-refractivity contribution in [3.8, 4) is 0 Å². The Morgan fingerprint density at radius 3 is 2.95 bits per heavy atom. The van der Waals surface area contributed by atoms with Crippen LogP contribution >= 0.6 is 11.6 Å². The van der Waals surface area contributed by atoms with Gasteiger partial charge in [-0.2, -0.15) is 0 Å². The van der Waals surface area contributed by atoms with Crippen LogP contribution in [0, 0.1) is 0 Å². The first-order valence-electron chi connectivity index (χ1n) is 7.00. The summed E-state index contributed by atoms with van der Waals surface area (Å²) in [6.45, 7) is 0.860. The summed E-state index contributed by atoms with van der Waals surface area (Å²) < 4.78 is 0. The number of hydrogen-bond donors (Lipinski definition) is 3. The van der Waals surface area contributed by atoms with E-state index in [4.69, 9.17) is 11.6 Å². The summed E-state index contributed by atoms with van der Waals surface area (Å²) in [5, 5.41) is 7.66. The monoisotopic (exact) mass is 305 g/mol. The lowest BCUT2D eigenvalue weighted by Crippen LogP contribution is -2.43. The number of amides is 1. The molecule has 5 nitrogen and oxygen atoms in total. The van der Waals surface area contributed by atoms with Crippen LogP contribution in [0.1, 0.15) is 19.3 Å². The quantitative estimate of drug-likeness (QED) is 0.797. The largest absolute Gasteiger partial charge is 0.329 e. The van der Waals surface area contributed by atoms with Crippen molar-refractivity contribution >= 4 is 34.0 Å². The molecule has 6 heteroatoms. The second-order valence-corrected chi connectivity index (χ2v) is 5.63. The number of anilines is 1. The van der Waals surface area contributed by atoms with Crippen LogP contribution in [0.3, 0.4) is 0 Å². The van der Waals surface area contributed by atoms with Gasteiger partial charge in [-0.25, -0.2) is 0 Å². The number of fused-ring (bicyclic) bond motifs is 1. The third-order valence-electron chi connectivity index (χ3n) is 3.75. The van der Waals surface area contributed by atoms with Crippen LogP contribution < -0.4 is 16.2 Å². The minimum absolute atomic E-state index is 0.0826. The maximum Gasteiger partial charge on any atom is 0.255 e. The molecule has 21 heavy (non-hydrogen) atoms. The molecule has 3 rings (SSSR count). The molecule has 0 unspecified atom stereocenters. The van der Waals surface area contributed by atoms with Crippen molar-refractivity contribution in [1.82, 2.24) is 10.3 Å². The summed E-state index contributed by atoms with van der Waals surface area (Å²) in [7, 11) is 0. The van der Waals surface area contributed by atoms with Crippen molar-refractivity contribution in [2.45, 2.75) is 25.3 Å². The van der Waals surface area contributed by atoms with Crippen LogP contribution in [0.25, 0.3) is 10.8 Å². The van der Waals surface area contributed by atoms with Gasteiger partial charge in [0.2, 0.25) is 5.91 Å². The Labute approximate surface area is 126 Å². The standard InChI is InChI=1S/C15H16ClN3O2/c16-11-8-10-9(4-6-18-14(10)20)7-13(11)19-15(21)12-3-1-2-5-17-12/h4,6-8,12,17H,1-3,5H2,(H,18,20)(H,19,21)/t12-/m1/s1. The highest BCUT2D eigenvalue weighted by molar-refractivity contribution is 6.34. The van der Waals surface area contributed by atoms with Crippen LogP contribution in [0.4, 0.5) is 5.69 Å². The van der Waals surface area contributed by atoms with Crippen LogP contribution in [0.2, 0.25) is 5.02 Å². The van der Waals surface area contributed by atoms with Gasteiger partial charge in [0.15, 0.2) is 0 Å². The van der Waals surface area contributed by atoms with Gasteiger partial charge in [0, 0.05) is 11.6 Å². The minimum atomic E-state index is -0.193. The van der Waals surface area contributed by atoms with E-state index in [1.165, 1.54) is 0 Å². The molecule has 1 atom stereocenters. The van der Waals surface area contributed by atoms with Gasteiger partial charge < -0.3 is 15.6 Å². The first-order chi connectivity index (χ1) is 10.1. The first-order valence-corrected chi connectivity index (χ1v) is 7.38. The second kappa shape index (κ2) is 5.87. The Bertz CT molecular complexity index is 735. The molecule has 1 aliphatic heterocycles. The third-order valence-corrected chi connectivity index (χ3v) is 4.06. The van der Waals surface area contributed by atoms with Crippen molar-refractivity contribution in [1.29, 1.82) is 0 Å². The normalized spacial score (nSPS) is 18.6. The fraction of sp³-hybridized carbons (Fsp3) is 0.333. The van der Waals surface area contributed by atoms with E-state index in [1.807, 2.05) is 0 Å². The average Bonchev–Trinajstić information content (AvgIpc) is 2.50. The summed E-state index contributed by atoms with van der Waals surface area (Å²) in [5.41, 5.74) is 0.341. The Morgan fingerprint density at radius 2 is 2.19 bits per heavy atom. The Balaban J connectivity index is 1.88. The zero-order chi connectivity index (χ0) is 14.8. The third kappa shape index (κ3) is 2.94. The number of rotatable bonds is 2. The molecular formula is C15H16ClN3O2. The molecule has 1 amide bonds. The summed E-state index contributed by atoms with van der Waals surface area (Å²) in [5.74, 6) is -0.0826. The highest BCUT2D eigenvalue weighted by atomic mass is 35.5. The van der Waals surface area contributed by atoms with Crippen molar-refractivity contribution in [3.63, 3.8) is 0 Å². The lowest BCUT2D eigenvalue weighted by molar-refractivity contribution is -0.118. The molecule has 1 saturated heterocycles. The van der Waals surface area contributed by atoms with E-state index in [0.717, 1.165) is 31.2 Å². The number of hydrogen-bond acceptors (Lipinski definition) is 3. The minimum Gasteiger partial charge on any atom is -0.329 e. The van der Waals surface area contributed by atoms with Gasteiger partial charge in [-0.15, -0.1) is 0 Å². The average molecular weight is 306 g/mol. The number of carbonyl (C=O) groups is 1.